The zero-order valence-corrected chi connectivity index (χ0v) is 15.7. The van der Waals surface area contributed by atoms with Crippen LogP contribution in [0.1, 0.15) is 36.5 Å². The lowest BCUT2D eigenvalue weighted by Crippen LogP contribution is -2.37. The highest BCUT2D eigenvalue weighted by Crippen LogP contribution is 2.31. The number of hydrogen-bond acceptors (Lipinski definition) is 6. The molecule has 24 heavy (non-hydrogen) atoms. The number of carbonyl (C=O) groups excluding carboxylic acids is 1. The Morgan fingerprint density at radius 1 is 1.50 bits per heavy atom. The second-order valence-electron chi connectivity index (χ2n) is 5.82. The Morgan fingerprint density at radius 2 is 2.38 bits per heavy atom. The molecule has 3 heterocycles. The van der Waals surface area contributed by atoms with Crippen molar-refractivity contribution in [3.05, 3.63) is 28.2 Å². The fraction of sp³-hybridized carbons (Fsp3) is 0.562. The van der Waals surface area contributed by atoms with E-state index in [1.807, 2.05) is 24.6 Å². The maximum Gasteiger partial charge on any atom is 0.234 e. The normalized spacial score (nSPS) is 18.2. The zero-order valence-electron chi connectivity index (χ0n) is 14.1. The minimum atomic E-state index is 0.0700. The van der Waals surface area contributed by atoms with Crippen LogP contribution < -0.4 is 5.32 Å². The standard InChI is InChI=1S/C16H23N5OS2/c1-3-23-16-19-18-15(20(16)2)13-7-4-8-21(13)11-14(22)17-10-12-6-5-9-24-12/h5-6,9,13H,3-4,7-8,10-11H2,1-2H3,(H,17,22). The summed E-state index contributed by atoms with van der Waals surface area (Å²) in [5.74, 6) is 2.01. The first-order valence-corrected chi connectivity index (χ1v) is 10.1. The van der Waals surface area contributed by atoms with Crippen molar-refractivity contribution in [3.8, 4) is 0 Å². The lowest BCUT2D eigenvalue weighted by atomic mass is 10.2. The Labute approximate surface area is 150 Å². The number of hydrogen-bond donors (Lipinski definition) is 1. The molecule has 0 aromatic carbocycles. The summed E-state index contributed by atoms with van der Waals surface area (Å²) in [5, 5.41) is 14.6. The number of rotatable bonds is 7. The van der Waals surface area contributed by atoms with Gasteiger partial charge in [0.2, 0.25) is 5.91 Å². The minimum absolute atomic E-state index is 0.0700. The third-order valence-corrected chi connectivity index (χ3v) is 5.97. The maximum absolute atomic E-state index is 12.3. The molecule has 6 nitrogen and oxygen atoms in total. The van der Waals surface area contributed by atoms with Crippen LogP contribution in [0.25, 0.3) is 0 Å². The molecule has 1 N–H and O–H groups in total. The number of thioether (sulfide) groups is 1. The van der Waals surface area contributed by atoms with Crippen LogP contribution in [-0.2, 0) is 18.4 Å². The monoisotopic (exact) mass is 365 g/mol. The van der Waals surface area contributed by atoms with Crippen LogP contribution >= 0.6 is 23.1 Å². The van der Waals surface area contributed by atoms with Crippen molar-refractivity contribution in [2.75, 3.05) is 18.8 Å². The van der Waals surface area contributed by atoms with E-state index in [0.29, 0.717) is 13.1 Å². The topological polar surface area (TPSA) is 63.1 Å². The van der Waals surface area contributed by atoms with E-state index in [1.54, 1.807) is 23.1 Å². The van der Waals surface area contributed by atoms with Gasteiger partial charge in [0.05, 0.1) is 19.1 Å². The van der Waals surface area contributed by atoms with Gasteiger partial charge in [0.15, 0.2) is 11.0 Å². The minimum Gasteiger partial charge on any atom is -0.350 e. The molecular formula is C16H23N5OS2. The molecule has 0 aliphatic carbocycles. The largest absolute Gasteiger partial charge is 0.350 e. The van der Waals surface area contributed by atoms with Gasteiger partial charge in [-0.15, -0.1) is 21.5 Å². The average Bonchev–Trinajstić information content (AvgIpc) is 3.29. The third kappa shape index (κ3) is 3.99. The van der Waals surface area contributed by atoms with E-state index in [9.17, 15) is 4.79 Å². The van der Waals surface area contributed by atoms with E-state index in [1.165, 1.54) is 4.88 Å². The van der Waals surface area contributed by atoms with Crippen molar-refractivity contribution in [3.63, 3.8) is 0 Å². The van der Waals surface area contributed by atoms with Crippen molar-refractivity contribution < 1.29 is 4.79 Å². The lowest BCUT2D eigenvalue weighted by molar-refractivity contribution is -0.122. The summed E-state index contributed by atoms with van der Waals surface area (Å²) in [4.78, 5) is 15.7. The Morgan fingerprint density at radius 3 is 3.12 bits per heavy atom. The van der Waals surface area contributed by atoms with Gasteiger partial charge in [-0.05, 0) is 36.6 Å². The highest BCUT2D eigenvalue weighted by molar-refractivity contribution is 7.99. The Kier molecular flexibility index (Phi) is 5.91. The first kappa shape index (κ1) is 17.4. The van der Waals surface area contributed by atoms with Crippen molar-refractivity contribution in [1.29, 1.82) is 0 Å². The second kappa shape index (κ2) is 8.13. The van der Waals surface area contributed by atoms with Gasteiger partial charge in [0.25, 0.3) is 0 Å². The van der Waals surface area contributed by atoms with E-state index >= 15 is 0 Å². The van der Waals surface area contributed by atoms with Crippen molar-refractivity contribution >= 4 is 29.0 Å². The van der Waals surface area contributed by atoms with Gasteiger partial charge in [0.1, 0.15) is 0 Å². The van der Waals surface area contributed by atoms with Crippen LogP contribution in [0, 0.1) is 0 Å². The van der Waals surface area contributed by atoms with Crippen LogP contribution in [0.3, 0.4) is 0 Å². The van der Waals surface area contributed by atoms with Crippen LogP contribution in [0.15, 0.2) is 22.7 Å². The molecule has 0 bridgehead atoms. The molecule has 130 valence electrons. The molecule has 2 aromatic heterocycles. The van der Waals surface area contributed by atoms with Gasteiger partial charge in [-0.25, -0.2) is 0 Å². The van der Waals surface area contributed by atoms with Gasteiger partial charge in [-0.2, -0.15) is 0 Å². The first-order valence-electron chi connectivity index (χ1n) is 8.24. The molecule has 3 rings (SSSR count). The quantitative estimate of drug-likeness (QED) is 0.764. The third-order valence-electron chi connectivity index (χ3n) is 4.19. The van der Waals surface area contributed by atoms with Gasteiger partial charge < -0.3 is 9.88 Å². The average molecular weight is 366 g/mol. The van der Waals surface area contributed by atoms with Crippen LogP contribution in [0.4, 0.5) is 0 Å². The molecule has 2 aromatic rings. The first-order chi connectivity index (χ1) is 11.7. The van der Waals surface area contributed by atoms with Gasteiger partial charge >= 0.3 is 0 Å². The number of nitrogens with one attached hydrogen (secondary N) is 1. The van der Waals surface area contributed by atoms with E-state index < -0.39 is 0 Å². The predicted molar refractivity (Wildman–Crippen MR) is 97.1 cm³/mol. The molecule has 1 amide bonds. The summed E-state index contributed by atoms with van der Waals surface area (Å²) < 4.78 is 2.07. The number of amides is 1. The van der Waals surface area contributed by atoms with Crippen molar-refractivity contribution in [1.82, 2.24) is 25.0 Å². The van der Waals surface area contributed by atoms with E-state index in [2.05, 4.69) is 31.9 Å². The summed E-state index contributed by atoms with van der Waals surface area (Å²) in [6.45, 7) is 4.06. The summed E-state index contributed by atoms with van der Waals surface area (Å²) >= 11 is 3.36. The molecular weight excluding hydrogens is 342 g/mol. The molecule has 0 saturated carbocycles. The van der Waals surface area contributed by atoms with Crippen molar-refractivity contribution in [2.45, 2.75) is 37.5 Å². The van der Waals surface area contributed by atoms with Gasteiger partial charge in [-0.3, -0.25) is 9.69 Å². The number of carbonyl (C=O) groups is 1. The molecule has 0 spiro atoms. The predicted octanol–water partition coefficient (Wildman–Crippen LogP) is 2.44. The number of likely N-dealkylation sites (tertiary alicyclic amines) is 1. The number of thiophene rings is 1. The van der Waals surface area contributed by atoms with Gasteiger partial charge in [-0.1, -0.05) is 24.8 Å². The molecule has 1 atom stereocenters. The number of aromatic nitrogens is 3. The van der Waals surface area contributed by atoms with E-state index in [4.69, 9.17) is 0 Å². The lowest BCUT2D eigenvalue weighted by Gasteiger charge is -2.23. The Balaban J connectivity index is 1.60. The molecule has 1 unspecified atom stereocenters. The maximum atomic E-state index is 12.3. The zero-order chi connectivity index (χ0) is 16.9. The summed E-state index contributed by atoms with van der Waals surface area (Å²) in [6.07, 6.45) is 2.12. The molecule has 1 aliphatic rings. The van der Waals surface area contributed by atoms with Crippen molar-refractivity contribution in [2.24, 2.45) is 7.05 Å². The Bertz CT molecular complexity index is 670. The summed E-state index contributed by atoms with van der Waals surface area (Å²) in [7, 11) is 2.01. The number of nitrogens with zero attached hydrogens (tertiary/aromatic N) is 4. The van der Waals surface area contributed by atoms with E-state index in [0.717, 1.165) is 36.1 Å². The molecule has 1 fully saturated rings. The van der Waals surface area contributed by atoms with Crippen LogP contribution in [0.5, 0.6) is 0 Å². The SMILES string of the molecule is CCSc1nnc(C2CCCN2CC(=O)NCc2cccs2)n1C. The summed E-state index contributed by atoms with van der Waals surface area (Å²) in [6, 6.07) is 4.22. The fourth-order valence-corrected chi connectivity index (χ4v) is 4.31. The Hall–Kier alpha value is -1.38. The van der Waals surface area contributed by atoms with Crippen LogP contribution in [0.2, 0.25) is 0 Å². The molecule has 1 aliphatic heterocycles. The molecule has 1 saturated heterocycles. The van der Waals surface area contributed by atoms with Gasteiger partial charge in [0, 0.05) is 11.9 Å². The summed E-state index contributed by atoms with van der Waals surface area (Å²) in [5.41, 5.74) is 0. The molecule has 0 radical (unpaired) electrons. The highest BCUT2D eigenvalue weighted by Gasteiger charge is 2.31. The van der Waals surface area contributed by atoms with Crippen LogP contribution in [-0.4, -0.2) is 44.4 Å². The second-order valence-corrected chi connectivity index (χ2v) is 8.08. The fourth-order valence-electron chi connectivity index (χ4n) is 3.02. The smallest absolute Gasteiger partial charge is 0.234 e. The van der Waals surface area contributed by atoms with E-state index in [-0.39, 0.29) is 11.9 Å². The molecule has 8 heteroatoms. The highest BCUT2D eigenvalue weighted by atomic mass is 32.2.